The zero-order valence-corrected chi connectivity index (χ0v) is 46.4. The van der Waals surface area contributed by atoms with E-state index in [9.17, 15) is 56.7 Å². The standard InChI is InChI=1S/C51H86F3N5O15S/c1-13-38-49(10,65)43(62)33(6)56-27-29(2)25-47(8,64)44(74-46-41(61)37(24-30(3)70-46)58(11)75(67,68)57-36-19-17-35(18-20-36)51(52,53)54)31(4)42(32(5)45(63)72-38)73-40-26-48(9,69-12)50(66,34(7)71-40)28-55-21-15-23-59-22-14-16-39(59)60/h17-20,29-34,37-38,40-44,46,55-57,61-62,64-66H,13-16,21-28H2,1-12H3/t29-,30-,31+,32-,33-,34+,37+,38-,40+,41-,42+,43-,44-,46+,47-,48-,49-,50+/m1/s1. The first-order valence-electron chi connectivity index (χ1n) is 26.3. The lowest BCUT2D eigenvalue weighted by atomic mass is 9.75. The summed E-state index contributed by atoms with van der Waals surface area (Å²) in [6.45, 7) is 18.3. The maximum atomic E-state index is 14.6. The Labute approximate surface area is 440 Å². The summed E-state index contributed by atoms with van der Waals surface area (Å²) < 4.78 is 109. The van der Waals surface area contributed by atoms with Crippen molar-refractivity contribution < 1.29 is 85.1 Å². The van der Waals surface area contributed by atoms with Crippen LogP contribution in [0.25, 0.3) is 0 Å². The molecule has 18 atom stereocenters. The number of nitrogens with one attached hydrogen (secondary N) is 3. The molecular formula is C51H86F3N5O15S. The normalized spacial score (nSPS) is 40.3. The highest BCUT2D eigenvalue weighted by Crippen LogP contribution is 2.43. The Balaban J connectivity index is 1.49. The van der Waals surface area contributed by atoms with Gasteiger partial charge in [-0.15, -0.1) is 0 Å². The number of ether oxygens (including phenoxy) is 6. The van der Waals surface area contributed by atoms with E-state index in [4.69, 9.17) is 28.4 Å². The maximum absolute atomic E-state index is 14.6. The van der Waals surface area contributed by atoms with Crippen LogP contribution >= 0.6 is 0 Å². The van der Waals surface area contributed by atoms with Crippen LogP contribution in [0.5, 0.6) is 0 Å². The number of methoxy groups -OCH3 is 1. The number of anilines is 1. The summed E-state index contributed by atoms with van der Waals surface area (Å²) >= 11 is 0. The average molecular weight is 1100 g/mol. The Kier molecular flexibility index (Phi) is 21.1. The smallest absolute Gasteiger partial charge is 0.416 e. The number of carbonyl (C=O) groups is 2. The Hall–Kier alpha value is -2.82. The number of esters is 1. The Bertz CT molecular complexity index is 2150. The van der Waals surface area contributed by atoms with Gasteiger partial charge in [0.15, 0.2) is 12.6 Å². The molecule has 8 N–H and O–H groups in total. The van der Waals surface area contributed by atoms with Gasteiger partial charge < -0.3 is 69.5 Å². The van der Waals surface area contributed by atoms with Gasteiger partial charge in [0.2, 0.25) is 5.91 Å². The first-order chi connectivity index (χ1) is 34.7. The maximum Gasteiger partial charge on any atom is 0.416 e. The Morgan fingerprint density at radius 3 is 2.21 bits per heavy atom. The number of likely N-dealkylation sites (tertiary alicyclic amines) is 1. The van der Waals surface area contributed by atoms with Crippen molar-refractivity contribution in [1.29, 1.82) is 0 Å². The molecule has 4 saturated heterocycles. The van der Waals surface area contributed by atoms with Gasteiger partial charge >= 0.3 is 22.4 Å². The van der Waals surface area contributed by atoms with Crippen LogP contribution in [0.2, 0.25) is 0 Å². The van der Waals surface area contributed by atoms with Gasteiger partial charge in [-0.1, -0.05) is 20.8 Å². The van der Waals surface area contributed by atoms with Crippen LogP contribution in [0, 0.1) is 17.8 Å². The number of hydrogen-bond acceptors (Lipinski definition) is 17. The molecule has 4 aliphatic heterocycles. The van der Waals surface area contributed by atoms with E-state index in [0.717, 1.165) is 35.0 Å². The third kappa shape index (κ3) is 14.7. The number of alkyl halides is 3. The van der Waals surface area contributed by atoms with E-state index in [1.165, 1.54) is 34.9 Å². The molecule has 24 heteroatoms. The van der Waals surface area contributed by atoms with Crippen LogP contribution in [0.15, 0.2) is 24.3 Å². The minimum absolute atomic E-state index is 0.00243. The molecule has 1 aromatic carbocycles. The summed E-state index contributed by atoms with van der Waals surface area (Å²) in [4.78, 5) is 28.6. The SMILES string of the molecule is CC[C@H]1OC(=O)[C@H](C)[C@@H](O[C@H]2C[C@@](C)(OC)[C@](O)(CNCCCN3CCCC3=O)[C@H](C)O2)[C@H](C)[C@@H](O[C@@H]2O[C@H](C)C[C@H](N(C)S(=O)(=O)Nc3ccc(C(F)(F)F)cc3)[C@H]2O)[C@](C)(O)C[C@@H](C)CN[C@H](C)[C@@H](O)[C@]1(C)O. The van der Waals surface area contributed by atoms with Crippen molar-refractivity contribution in [3.05, 3.63) is 29.8 Å². The highest BCUT2D eigenvalue weighted by atomic mass is 32.2. The quantitative estimate of drug-likeness (QED) is 0.0872. The van der Waals surface area contributed by atoms with Gasteiger partial charge in [0, 0.05) is 64.3 Å². The van der Waals surface area contributed by atoms with E-state index in [1.807, 2.05) is 11.8 Å². The van der Waals surface area contributed by atoms with Gasteiger partial charge in [-0.2, -0.15) is 25.9 Å². The van der Waals surface area contributed by atoms with Crippen LogP contribution in [0.3, 0.4) is 0 Å². The zero-order valence-electron chi connectivity index (χ0n) is 45.6. The fraction of sp³-hybridized carbons (Fsp3) is 0.843. The summed E-state index contributed by atoms with van der Waals surface area (Å²) in [6.07, 6.45) is -14.3. The number of aliphatic hydroxyl groups excluding tert-OH is 2. The van der Waals surface area contributed by atoms with Crippen LogP contribution in [-0.4, -0.2) is 192 Å². The topological polar surface area (TPSA) is 267 Å². The number of amides is 1. The fourth-order valence-corrected chi connectivity index (χ4v) is 12.5. The molecule has 432 valence electrons. The number of rotatable bonds is 16. The lowest BCUT2D eigenvalue weighted by molar-refractivity contribution is -0.336. The predicted octanol–water partition coefficient (Wildman–Crippen LogP) is 3.28. The molecule has 20 nitrogen and oxygen atoms in total. The molecule has 4 heterocycles. The molecule has 0 unspecified atom stereocenters. The van der Waals surface area contributed by atoms with Crippen LogP contribution in [0.1, 0.15) is 120 Å². The van der Waals surface area contributed by atoms with Gasteiger partial charge in [0.1, 0.15) is 35.1 Å². The molecule has 1 amide bonds. The van der Waals surface area contributed by atoms with E-state index in [-0.39, 0.29) is 56.3 Å². The van der Waals surface area contributed by atoms with Gasteiger partial charge in [0.05, 0.1) is 47.5 Å². The van der Waals surface area contributed by atoms with Crippen molar-refractivity contribution in [3.63, 3.8) is 0 Å². The predicted molar refractivity (Wildman–Crippen MR) is 270 cm³/mol. The third-order valence-corrected chi connectivity index (χ3v) is 17.7. The fourth-order valence-electron chi connectivity index (χ4n) is 11.3. The summed E-state index contributed by atoms with van der Waals surface area (Å²) in [7, 11) is -1.90. The third-order valence-electron chi connectivity index (χ3n) is 16.2. The summed E-state index contributed by atoms with van der Waals surface area (Å²) in [5.74, 6) is -3.38. The molecule has 1 aromatic rings. The minimum atomic E-state index is -4.65. The van der Waals surface area contributed by atoms with Crippen molar-refractivity contribution >= 4 is 27.8 Å². The summed E-state index contributed by atoms with van der Waals surface area (Å²) in [5, 5.41) is 67.1. The number of halogens is 3. The molecule has 0 bridgehead atoms. The molecule has 4 fully saturated rings. The van der Waals surface area contributed by atoms with Gasteiger partial charge in [-0.3, -0.25) is 14.3 Å². The van der Waals surface area contributed by atoms with Crippen LogP contribution in [-0.2, 0) is 54.4 Å². The van der Waals surface area contributed by atoms with Crippen molar-refractivity contribution in [3.8, 4) is 0 Å². The number of aliphatic hydroxyl groups is 5. The molecule has 0 spiro atoms. The van der Waals surface area contributed by atoms with E-state index in [0.29, 0.717) is 32.5 Å². The molecule has 0 aliphatic carbocycles. The second kappa shape index (κ2) is 25.1. The number of carbonyl (C=O) groups excluding carboxylic acids is 2. The van der Waals surface area contributed by atoms with E-state index in [2.05, 4.69) is 15.4 Å². The molecule has 75 heavy (non-hydrogen) atoms. The van der Waals surface area contributed by atoms with Crippen LogP contribution in [0.4, 0.5) is 18.9 Å². The van der Waals surface area contributed by atoms with Crippen molar-refractivity contribution in [2.24, 2.45) is 17.8 Å². The highest BCUT2D eigenvalue weighted by Gasteiger charge is 2.58. The summed E-state index contributed by atoms with van der Waals surface area (Å²) in [6, 6.07) is 1.43. The number of hydrogen-bond donors (Lipinski definition) is 8. The van der Waals surface area contributed by atoms with E-state index in [1.54, 1.807) is 41.5 Å². The summed E-state index contributed by atoms with van der Waals surface area (Å²) in [5.41, 5.74) is -7.91. The van der Waals surface area contributed by atoms with Crippen molar-refractivity contribution in [2.45, 2.75) is 210 Å². The second-order valence-electron chi connectivity index (χ2n) is 22.3. The molecule has 5 rings (SSSR count). The Morgan fingerprint density at radius 1 is 0.973 bits per heavy atom. The minimum Gasteiger partial charge on any atom is -0.459 e. The number of nitrogens with zero attached hydrogens (tertiary/aromatic N) is 2. The molecule has 0 aromatic heterocycles. The molecule has 4 aliphatic rings. The lowest BCUT2D eigenvalue weighted by Gasteiger charge is -2.53. The van der Waals surface area contributed by atoms with E-state index < -0.39 is 130 Å². The first kappa shape index (κ1) is 63.0. The highest BCUT2D eigenvalue weighted by molar-refractivity contribution is 7.90. The first-order valence-corrected chi connectivity index (χ1v) is 27.7. The number of cyclic esters (lactones) is 1. The average Bonchev–Trinajstić information content (AvgIpc) is 3.75. The van der Waals surface area contributed by atoms with Crippen molar-refractivity contribution in [2.75, 3.05) is 51.6 Å². The Morgan fingerprint density at radius 2 is 1.63 bits per heavy atom. The largest absolute Gasteiger partial charge is 0.459 e. The molecular weight excluding hydrogens is 1010 g/mol. The number of benzene rings is 1. The van der Waals surface area contributed by atoms with Gasteiger partial charge in [-0.05, 0) is 124 Å². The monoisotopic (exact) mass is 1100 g/mol. The zero-order chi connectivity index (χ0) is 56.2. The number of likely N-dealkylation sites (N-methyl/N-ethyl adjacent to an activating group) is 1. The van der Waals surface area contributed by atoms with Crippen molar-refractivity contribution in [1.82, 2.24) is 19.8 Å². The van der Waals surface area contributed by atoms with Gasteiger partial charge in [-0.25, -0.2) is 0 Å². The molecule has 0 radical (unpaired) electrons. The van der Waals surface area contributed by atoms with E-state index >= 15 is 0 Å². The lowest BCUT2D eigenvalue weighted by Crippen LogP contribution is -2.70. The molecule has 0 saturated carbocycles. The second-order valence-corrected chi connectivity index (χ2v) is 24.0. The van der Waals surface area contributed by atoms with Gasteiger partial charge in [0.25, 0.3) is 0 Å². The van der Waals surface area contributed by atoms with Crippen LogP contribution < -0.4 is 15.4 Å².